The summed E-state index contributed by atoms with van der Waals surface area (Å²) in [6.07, 6.45) is 0. The van der Waals surface area contributed by atoms with Crippen LogP contribution in [-0.2, 0) is 10.4 Å². The van der Waals surface area contributed by atoms with Crippen LogP contribution in [0.2, 0.25) is 0 Å². The van der Waals surface area contributed by atoms with E-state index in [1.54, 1.807) is 0 Å². The van der Waals surface area contributed by atoms with Crippen molar-refractivity contribution in [3.63, 3.8) is 0 Å². The topological polar surface area (TPSA) is 138 Å². The van der Waals surface area contributed by atoms with Gasteiger partial charge in [0.1, 0.15) is 0 Å². The van der Waals surface area contributed by atoms with Gasteiger partial charge in [-0.2, -0.15) is 8.42 Å². The normalized spacial score (nSPS) is 7.25. The number of hydrogen-bond donors (Lipinski definition) is 2. The van der Waals surface area contributed by atoms with Crippen LogP contribution < -0.4 is 0 Å². The Labute approximate surface area is 76.1 Å². The van der Waals surface area contributed by atoms with Crippen LogP contribution in [0.4, 0.5) is 0 Å². The zero-order valence-corrected chi connectivity index (χ0v) is 6.85. The molecule has 50 valence electrons. The van der Waals surface area contributed by atoms with Gasteiger partial charge in [0.15, 0.2) is 0 Å². The van der Waals surface area contributed by atoms with Crippen molar-refractivity contribution in [1.29, 1.82) is 0 Å². The van der Waals surface area contributed by atoms with Crippen LogP contribution in [0.5, 0.6) is 0 Å². The summed E-state index contributed by atoms with van der Waals surface area (Å²) in [4.78, 5) is 0. The maximum absolute atomic E-state index is 8.74. The minimum Gasteiger partial charge on any atom is -0.412 e. The first-order chi connectivity index (χ1) is 2.00. The van der Waals surface area contributed by atoms with Crippen LogP contribution in [0.1, 0.15) is 0 Å². The third-order valence-electron chi connectivity index (χ3n) is 0. The first-order valence-corrected chi connectivity index (χ1v) is 2.10. The van der Waals surface area contributed by atoms with Gasteiger partial charge in [0.25, 0.3) is 0 Å². The van der Waals surface area contributed by atoms with Crippen molar-refractivity contribution in [2.45, 2.75) is 0 Å². The molecule has 0 atom stereocenters. The largest absolute Gasteiger partial charge is 0.412 e. The Hall–Kier alpha value is 1.05. The van der Waals surface area contributed by atoms with Gasteiger partial charge in [-0.3, -0.25) is 9.11 Å². The second-order valence-corrected chi connectivity index (χ2v) is 1.34. The summed E-state index contributed by atoms with van der Waals surface area (Å²) in [7, 11) is -4.67. The van der Waals surface area contributed by atoms with Crippen LogP contribution in [-0.4, -0.2) is 66.2 Å². The van der Waals surface area contributed by atoms with E-state index in [1.165, 1.54) is 0 Å². The molecular weight excluding hydrogens is 168 g/mol. The third kappa shape index (κ3) is 234. The predicted octanol–water partition coefficient (Wildman–Crippen LogP) is -2.68. The fourth-order valence-corrected chi connectivity index (χ4v) is 0. The molecule has 0 bridgehead atoms. The van der Waals surface area contributed by atoms with Crippen LogP contribution in [0.15, 0.2) is 0 Å². The third-order valence-corrected chi connectivity index (χ3v) is 0. The molecule has 0 aliphatic rings. The molecule has 0 aliphatic heterocycles. The van der Waals surface area contributed by atoms with Crippen LogP contribution in [0.3, 0.4) is 0 Å². The van der Waals surface area contributed by atoms with Crippen molar-refractivity contribution in [2.24, 2.45) is 0 Å². The van der Waals surface area contributed by atoms with Gasteiger partial charge in [0.2, 0.25) is 0 Å². The maximum atomic E-state index is 8.74. The summed E-state index contributed by atoms with van der Waals surface area (Å²) >= 11 is 0. The van der Waals surface area contributed by atoms with E-state index < -0.39 is 10.4 Å². The molecule has 6 nitrogen and oxygen atoms in total. The second kappa shape index (κ2) is 8.05. The fourth-order valence-electron chi connectivity index (χ4n) is 0. The van der Waals surface area contributed by atoms with E-state index in [-0.39, 0.29) is 48.7 Å². The molecule has 6 N–H and O–H groups in total. The number of hydrogen-bond acceptors (Lipinski definition) is 2. The Kier molecular flexibility index (Phi) is 23.1. The molecule has 0 aliphatic carbocycles. The molecule has 0 saturated carbocycles. The van der Waals surface area contributed by atoms with E-state index in [0.29, 0.717) is 0 Å². The Bertz CT molecular complexity index is 91.7. The molecule has 8 heavy (non-hydrogen) atoms. The molecule has 0 unspecified atom stereocenters. The zero-order valence-electron chi connectivity index (χ0n) is 3.83. The standard InChI is InChI=1S/Ca.H2O4S.2H2O/c;1-5(2,3)4;;/h;(H2,1,2,3,4);2*1H2. The van der Waals surface area contributed by atoms with Gasteiger partial charge in [-0.1, -0.05) is 0 Å². The quantitative estimate of drug-likeness (QED) is 0.305. The molecule has 0 spiro atoms. The average molecular weight is 174 g/mol. The van der Waals surface area contributed by atoms with Crippen molar-refractivity contribution in [3.05, 3.63) is 0 Å². The van der Waals surface area contributed by atoms with Crippen LogP contribution >= 0.6 is 0 Å². The second-order valence-electron chi connectivity index (χ2n) is 0.448. The predicted molar refractivity (Wildman–Crippen MR) is 27.2 cm³/mol. The van der Waals surface area contributed by atoms with Crippen molar-refractivity contribution < 1.29 is 28.5 Å². The smallest absolute Gasteiger partial charge is 0.394 e. The minimum atomic E-state index is -4.67. The molecule has 0 heterocycles. The average Bonchev–Trinajstić information content (AvgIpc) is 0.722. The summed E-state index contributed by atoms with van der Waals surface area (Å²) in [6.45, 7) is 0. The molecule has 0 fully saturated rings. The van der Waals surface area contributed by atoms with Gasteiger partial charge in [-0.25, -0.2) is 0 Å². The van der Waals surface area contributed by atoms with Gasteiger partial charge in [-0.05, 0) is 0 Å². The Morgan fingerprint density at radius 2 is 1.00 bits per heavy atom. The Balaban J connectivity index is -0.0000000267. The summed E-state index contributed by atoms with van der Waals surface area (Å²) in [5.41, 5.74) is 0. The molecule has 0 amide bonds. The van der Waals surface area contributed by atoms with Gasteiger partial charge in [0.05, 0.1) is 0 Å². The molecule has 2 radical (unpaired) electrons. The minimum absolute atomic E-state index is 0. The molecule has 0 saturated heterocycles. The van der Waals surface area contributed by atoms with Gasteiger partial charge in [-0.15, -0.1) is 0 Å². The molecule has 0 aromatic rings. The Morgan fingerprint density at radius 1 is 1.00 bits per heavy atom. The number of rotatable bonds is 0. The first-order valence-electron chi connectivity index (χ1n) is 0.698. The monoisotopic (exact) mass is 174 g/mol. The van der Waals surface area contributed by atoms with E-state index in [4.69, 9.17) is 17.5 Å². The van der Waals surface area contributed by atoms with Gasteiger partial charge >= 0.3 is 10.4 Å². The van der Waals surface area contributed by atoms with Crippen molar-refractivity contribution >= 4 is 48.1 Å². The zero-order chi connectivity index (χ0) is 4.50. The molecular formula is H6CaO6S. The fraction of sp³-hybridized carbons (Fsp3) is 0. The van der Waals surface area contributed by atoms with Crippen molar-refractivity contribution in [3.8, 4) is 0 Å². The van der Waals surface area contributed by atoms with E-state index >= 15 is 0 Å². The van der Waals surface area contributed by atoms with E-state index in [1.807, 2.05) is 0 Å². The maximum Gasteiger partial charge on any atom is 0.394 e. The Morgan fingerprint density at radius 3 is 1.00 bits per heavy atom. The van der Waals surface area contributed by atoms with Crippen molar-refractivity contribution in [2.75, 3.05) is 0 Å². The molecule has 0 aromatic heterocycles. The van der Waals surface area contributed by atoms with E-state index in [2.05, 4.69) is 0 Å². The first kappa shape index (κ1) is 23.0. The van der Waals surface area contributed by atoms with Crippen LogP contribution in [0.25, 0.3) is 0 Å². The van der Waals surface area contributed by atoms with Crippen molar-refractivity contribution in [1.82, 2.24) is 0 Å². The van der Waals surface area contributed by atoms with Gasteiger partial charge in [0, 0.05) is 37.7 Å². The summed E-state index contributed by atoms with van der Waals surface area (Å²) in [6, 6.07) is 0. The summed E-state index contributed by atoms with van der Waals surface area (Å²) < 4.78 is 31.6. The summed E-state index contributed by atoms with van der Waals surface area (Å²) in [5.74, 6) is 0. The molecule has 8 heteroatoms. The van der Waals surface area contributed by atoms with E-state index in [9.17, 15) is 0 Å². The van der Waals surface area contributed by atoms with E-state index in [0.717, 1.165) is 0 Å². The van der Waals surface area contributed by atoms with Gasteiger partial charge < -0.3 is 11.0 Å². The SMILES string of the molecule is O.O.O=S(=O)(O)O.[Ca]. The summed E-state index contributed by atoms with van der Waals surface area (Å²) in [5, 5.41) is 0. The molecule has 0 aromatic carbocycles. The van der Waals surface area contributed by atoms with Crippen LogP contribution in [0, 0.1) is 0 Å². The molecule has 0 rings (SSSR count).